The van der Waals surface area contributed by atoms with Crippen molar-refractivity contribution in [2.75, 3.05) is 6.54 Å². The van der Waals surface area contributed by atoms with Gasteiger partial charge in [0.25, 0.3) is 5.91 Å². The van der Waals surface area contributed by atoms with Gasteiger partial charge in [-0.25, -0.2) is 0 Å². The summed E-state index contributed by atoms with van der Waals surface area (Å²) in [6, 6.07) is 1.43. The molecule has 1 rings (SSSR count). The number of pyridine rings is 1. The maximum atomic E-state index is 11.9. The van der Waals surface area contributed by atoms with Crippen molar-refractivity contribution >= 4 is 21.8 Å². The molecule has 0 saturated carbocycles. The zero-order chi connectivity index (χ0) is 14.6. The number of alkyl halides is 1. The van der Waals surface area contributed by atoms with E-state index in [0.717, 1.165) is 12.1 Å². The van der Waals surface area contributed by atoms with Gasteiger partial charge < -0.3 is 10.3 Å². The molecule has 2 N–H and O–H groups in total. The van der Waals surface area contributed by atoms with Crippen molar-refractivity contribution in [2.45, 2.75) is 38.9 Å². The van der Waals surface area contributed by atoms with Crippen LogP contribution >= 0.6 is 15.9 Å². The summed E-state index contributed by atoms with van der Waals surface area (Å²) in [4.78, 5) is 26.6. The third-order valence-corrected chi connectivity index (χ3v) is 3.27. The van der Waals surface area contributed by atoms with Gasteiger partial charge in [-0.1, -0.05) is 36.7 Å². The Morgan fingerprint density at radius 2 is 2.11 bits per heavy atom. The van der Waals surface area contributed by atoms with Crippen molar-refractivity contribution in [1.82, 2.24) is 10.3 Å². The Morgan fingerprint density at radius 3 is 2.63 bits per heavy atom. The quantitative estimate of drug-likeness (QED) is 0.834. The second-order valence-corrected chi connectivity index (χ2v) is 7.26. The summed E-state index contributed by atoms with van der Waals surface area (Å²) in [5.41, 5.74) is 0.838. The lowest BCUT2D eigenvalue weighted by Crippen LogP contribution is -2.34. The standard InChI is InChI=1S/C14H21BrN2O2/c1-9-5-12(18)11(8-16-9)13(19)17-7-10(15)6-14(2,3)4/h5,8,10H,6-7H2,1-4H3,(H,16,18)(H,17,19). The van der Waals surface area contributed by atoms with Crippen LogP contribution in [0, 0.1) is 12.3 Å². The fraction of sp³-hybridized carbons (Fsp3) is 0.571. The van der Waals surface area contributed by atoms with E-state index in [4.69, 9.17) is 0 Å². The van der Waals surface area contributed by atoms with Crippen molar-refractivity contribution < 1.29 is 4.79 Å². The first kappa shape index (κ1) is 16.0. The van der Waals surface area contributed by atoms with Gasteiger partial charge in [-0.05, 0) is 18.8 Å². The van der Waals surface area contributed by atoms with Crippen LogP contribution in [0.5, 0.6) is 0 Å². The average molecular weight is 329 g/mol. The number of hydrogen-bond donors (Lipinski definition) is 2. The number of carbonyl (C=O) groups excluding carboxylic acids is 1. The van der Waals surface area contributed by atoms with Gasteiger partial charge >= 0.3 is 0 Å². The zero-order valence-corrected chi connectivity index (χ0v) is 13.4. The van der Waals surface area contributed by atoms with E-state index in [0.29, 0.717) is 6.54 Å². The van der Waals surface area contributed by atoms with E-state index in [9.17, 15) is 9.59 Å². The molecule has 1 unspecified atom stereocenters. The number of rotatable bonds is 4. The molecule has 0 bridgehead atoms. The molecule has 0 aliphatic rings. The third kappa shape index (κ3) is 5.59. The second-order valence-electron chi connectivity index (χ2n) is 5.97. The molecule has 1 amide bonds. The Bertz CT molecular complexity index is 503. The Hall–Kier alpha value is -1.10. The molecule has 1 aromatic heterocycles. The minimum Gasteiger partial charge on any atom is -0.364 e. The lowest BCUT2D eigenvalue weighted by Gasteiger charge is -2.22. The highest BCUT2D eigenvalue weighted by atomic mass is 79.9. The molecule has 0 aromatic carbocycles. The van der Waals surface area contributed by atoms with Crippen molar-refractivity contribution in [3.63, 3.8) is 0 Å². The van der Waals surface area contributed by atoms with Gasteiger partial charge in [-0.3, -0.25) is 9.59 Å². The van der Waals surface area contributed by atoms with E-state index >= 15 is 0 Å². The van der Waals surface area contributed by atoms with Crippen molar-refractivity contribution in [3.05, 3.63) is 33.7 Å². The van der Waals surface area contributed by atoms with Crippen LogP contribution in [0.25, 0.3) is 0 Å². The van der Waals surface area contributed by atoms with Gasteiger partial charge in [0.05, 0.1) is 0 Å². The van der Waals surface area contributed by atoms with Gasteiger partial charge in [0, 0.05) is 29.3 Å². The summed E-state index contributed by atoms with van der Waals surface area (Å²) in [5, 5.41) is 2.78. The van der Waals surface area contributed by atoms with Crippen LogP contribution in [0.1, 0.15) is 43.2 Å². The lowest BCUT2D eigenvalue weighted by atomic mass is 9.90. The van der Waals surface area contributed by atoms with Crippen LogP contribution < -0.4 is 10.7 Å². The Balaban J connectivity index is 2.59. The van der Waals surface area contributed by atoms with E-state index in [2.05, 4.69) is 47.0 Å². The monoisotopic (exact) mass is 328 g/mol. The van der Waals surface area contributed by atoms with E-state index < -0.39 is 0 Å². The molecular weight excluding hydrogens is 308 g/mol. The Kier molecular flexibility index (Phi) is 5.35. The smallest absolute Gasteiger partial charge is 0.256 e. The molecule has 19 heavy (non-hydrogen) atoms. The van der Waals surface area contributed by atoms with E-state index in [1.54, 1.807) is 6.92 Å². The van der Waals surface area contributed by atoms with Crippen molar-refractivity contribution in [3.8, 4) is 0 Å². The number of halogens is 1. The molecule has 0 fully saturated rings. The molecule has 5 heteroatoms. The molecule has 1 atom stereocenters. The molecule has 0 saturated heterocycles. The minimum absolute atomic E-state index is 0.154. The molecule has 106 valence electrons. The lowest BCUT2D eigenvalue weighted by molar-refractivity contribution is 0.0951. The summed E-state index contributed by atoms with van der Waals surface area (Å²) in [7, 11) is 0. The number of hydrogen-bond acceptors (Lipinski definition) is 2. The average Bonchev–Trinajstić information content (AvgIpc) is 2.23. The zero-order valence-electron chi connectivity index (χ0n) is 11.8. The van der Waals surface area contributed by atoms with Crippen LogP contribution in [-0.4, -0.2) is 22.3 Å². The van der Waals surface area contributed by atoms with Gasteiger partial charge in [-0.15, -0.1) is 0 Å². The maximum Gasteiger partial charge on any atom is 0.256 e. The number of aromatic amines is 1. The molecule has 1 heterocycles. The van der Waals surface area contributed by atoms with E-state index in [1.807, 2.05) is 0 Å². The highest BCUT2D eigenvalue weighted by molar-refractivity contribution is 9.09. The van der Waals surface area contributed by atoms with Crippen LogP contribution in [-0.2, 0) is 0 Å². The summed E-state index contributed by atoms with van der Waals surface area (Å²) >= 11 is 3.54. The minimum atomic E-state index is -0.334. The summed E-state index contributed by atoms with van der Waals surface area (Å²) in [5.74, 6) is -0.334. The van der Waals surface area contributed by atoms with E-state index in [-0.39, 0.29) is 27.1 Å². The molecule has 4 nitrogen and oxygen atoms in total. The summed E-state index contributed by atoms with van der Waals surface area (Å²) < 4.78 is 0. The molecule has 0 aliphatic carbocycles. The van der Waals surface area contributed by atoms with Gasteiger partial charge in [0.15, 0.2) is 5.43 Å². The summed E-state index contributed by atoms with van der Waals surface area (Å²) in [6.45, 7) is 8.72. The number of aryl methyl sites for hydroxylation is 1. The maximum absolute atomic E-state index is 11.9. The van der Waals surface area contributed by atoms with Crippen LogP contribution in [0.3, 0.4) is 0 Å². The second kappa shape index (κ2) is 6.37. The van der Waals surface area contributed by atoms with Crippen LogP contribution in [0.4, 0.5) is 0 Å². The van der Waals surface area contributed by atoms with E-state index in [1.165, 1.54) is 12.3 Å². The Morgan fingerprint density at radius 1 is 1.47 bits per heavy atom. The first-order valence-electron chi connectivity index (χ1n) is 6.30. The third-order valence-electron chi connectivity index (χ3n) is 2.62. The Labute approximate surface area is 122 Å². The van der Waals surface area contributed by atoms with Gasteiger partial charge in [0.1, 0.15) is 5.56 Å². The predicted octanol–water partition coefficient (Wildman–Crippen LogP) is 2.61. The molecule has 0 spiro atoms. The molecular formula is C14H21BrN2O2. The summed E-state index contributed by atoms with van der Waals surface area (Å²) in [6.07, 6.45) is 2.40. The SMILES string of the molecule is Cc1cc(=O)c(C(=O)NCC(Br)CC(C)(C)C)c[nH]1. The first-order chi connectivity index (χ1) is 8.69. The van der Waals surface area contributed by atoms with Crippen molar-refractivity contribution in [1.29, 1.82) is 0 Å². The largest absolute Gasteiger partial charge is 0.364 e. The van der Waals surface area contributed by atoms with Gasteiger partial charge in [-0.2, -0.15) is 0 Å². The first-order valence-corrected chi connectivity index (χ1v) is 7.22. The fourth-order valence-corrected chi connectivity index (χ4v) is 2.92. The number of carbonyl (C=O) groups is 1. The number of aromatic nitrogens is 1. The van der Waals surface area contributed by atoms with Crippen LogP contribution in [0.15, 0.2) is 17.1 Å². The predicted molar refractivity (Wildman–Crippen MR) is 80.9 cm³/mol. The van der Waals surface area contributed by atoms with Crippen LogP contribution in [0.2, 0.25) is 0 Å². The molecule has 0 aliphatic heterocycles. The fourth-order valence-electron chi connectivity index (χ4n) is 1.79. The molecule has 1 aromatic rings. The number of nitrogens with one attached hydrogen (secondary N) is 2. The molecule has 0 radical (unpaired) electrons. The highest BCUT2D eigenvalue weighted by Crippen LogP contribution is 2.24. The van der Waals surface area contributed by atoms with Crippen molar-refractivity contribution in [2.24, 2.45) is 5.41 Å². The normalized spacial score (nSPS) is 13.1. The topological polar surface area (TPSA) is 62.0 Å². The number of H-pyrrole nitrogens is 1. The number of amides is 1. The van der Waals surface area contributed by atoms with Gasteiger partial charge in [0.2, 0.25) is 0 Å². The highest BCUT2D eigenvalue weighted by Gasteiger charge is 2.18.